The number of ether oxygens (including phenoxy) is 1. The van der Waals surface area contributed by atoms with E-state index < -0.39 is 29.1 Å². The van der Waals surface area contributed by atoms with Crippen molar-refractivity contribution >= 4 is 29.2 Å². The number of rotatable bonds is 5. The van der Waals surface area contributed by atoms with Gasteiger partial charge in [-0.2, -0.15) is 5.10 Å². The average molecular weight is 440 g/mol. The number of aromatic nitrogens is 2. The highest BCUT2D eigenvalue weighted by molar-refractivity contribution is 6.30. The van der Waals surface area contributed by atoms with Gasteiger partial charge in [0.2, 0.25) is 11.1 Å². The first-order valence-electron chi connectivity index (χ1n) is 9.61. The molecule has 8 heteroatoms. The van der Waals surface area contributed by atoms with Crippen LogP contribution in [-0.2, 0) is 9.53 Å². The number of esters is 1. The number of hydrogen-bond acceptors (Lipinski definition) is 5. The molecule has 1 heterocycles. The van der Waals surface area contributed by atoms with Gasteiger partial charge in [0, 0.05) is 22.5 Å². The Balaban J connectivity index is 1.79. The summed E-state index contributed by atoms with van der Waals surface area (Å²) in [5, 5.41) is 7.42. The van der Waals surface area contributed by atoms with Gasteiger partial charge in [0.15, 0.2) is 6.10 Å². The van der Waals surface area contributed by atoms with Crippen molar-refractivity contribution in [2.75, 3.05) is 5.32 Å². The third kappa shape index (κ3) is 5.19. The summed E-state index contributed by atoms with van der Waals surface area (Å²) in [4.78, 5) is 37.4. The van der Waals surface area contributed by atoms with E-state index in [2.05, 4.69) is 10.4 Å². The zero-order valence-electron chi connectivity index (χ0n) is 17.6. The number of amides is 1. The van der Waals surface area contributed by atoms with Crippen LogP contribution in [0.15, 0.2) is 53.3 Å². The molecule has 31 heavy (non-hydrogen) atoms. The summed E-state index contributed by atoms with van der Waals surface area (Å²) in [6.45, 7) is 6.95. The lowest BCUT2D eigenvalue weighted by molar-refractivity contribution is -0.123. The van der Waals surface area contributed by atoms with Crippen LogP contribution in [0, 0.1) is 20.8 Å². The SMILES string of the molecule is Cc1ccc(NC(=O)C(C)OC(=O)c2nn(-c3ccc(Cl)cc3)c(C)cc2=O)c(C)c1. The van der Waals surface area contributed by atoms with Crippen LogP contribution in [0.25, 0.3) is 5.69 Å². The lowest BCUT2D eigenvalue weighted by Gasteiger charge is -2.15. The van der Waals surface area contributed by atoms with E-state index in [1.165, 1.54) is 17.7 Å². The third-order valence-electron chi connectivity index (χ3n) is 4.66. The molecule has 0 bridgehead atoms. The second kappa shape index (κ2) is 9.14. The summed E-state index contributed by atoms with van der Waals surface area (Å²) in [5.41, 5.74) is 2.73. The van der Waals surface area contributed by atoms with Gasteiger partial charge in [0.25, 0.3) is 5.91 Å². The van der Waals surface area contributed by atoms with Crippen LogP contribution in [0.3, 0.4) is 0 Å². The number of aryl methyl sites for hydroxylation is 3. The molecule has 1 atom stereocenters. The number of halogens is 1. The van der Waals surface area contributed by atoms with Gasteiger partial charge < -0.3 is 10.1 Å². The van der Waals surface area contributed by atoms with Crippen LogP contribution in [0.4, 0.5) is 5.69 Å². The van der Waals surface area contributed by atoms with Gasteiger partial charge in [-0.25, -0.2) is 9.48 Å². The van der Waals surface area contributed by atoms with Crippen LogP contribution in [0.1, 0.15) is 34.2 Å². The maximum atomic E-state index is 12.6. The van der Waals surface area contributed by atoms with E-state index in [-0.39, 0.29) is 0 Å². The fraction of sp³-hybridized carbons (Fsp3) is 0.217. The van der Waals surface area contributed by atoms with Gasteiger partial charge in [-0.15, -0.1) is 0 Å². The summed E-state index contributed by atoms with van der Waals surface area (Å²) in [6.07, 6.45) is -1.13. The lowest BCUT2D eigenvalue weighted by Crippen LogP contribution is -2.33. The van der Waals surface area contributed by atoms with E-state index >= 15 is 0 Å². The Morgan fingerprint density at radius 2 is 1.74 bits per heavy atom. The number of hydrogen-bond donors (Lipinski definition) is 1. The topological polar surface area (TPSA) is 90.3 Å². The molecule has 0 fully saturated rings. The highest BCUT2D eigenvalue weighted by atomic mass is 35.5. The first-order chi connectivity index (χ1) is 14.7. The Labute approximate surface area is 184 Å². The zero-order chi connectivity index (χ0) is 22.7. The van der Waals surface area contributed by atoms with Crippen LogP contribution < -0.4 is 10.7 Å². The minimum atomic E-state index is -1.13. The van der Waals surface area contributed by atoms with Crippen LogP contribution in [0.5, 0.6) is 0 Å². The minimum absolute atomic E-state index is 0.410. The van der Waals surface area contributed by atoms with Crippen molar-refractivity contribution in [1.82, 2.24) is 9.78 Å². The summed E-state index contributed by atoms with van der Waals surface area (Å²) < 4.78 is 6.66. The predicted molar refractivity (Wildman–Crippen MR) is 119 cm³/mol. The standard InChI is InChI=1S/C23H22ClN3O4/c1-13-5-10-19(14(2)11-13)25-22(29)16(4)31-23(30)21-20(28)12-15(3)27(26-21)18-8-6-17(24)7-9-18/h5-12,16H,1-4H3,(H,25,29). The molecule has 0 aliphatic rings. The van der Waals surface area contributed by atoms with Crippen molar-refractivity contribution in [1.29, 1.82) is 0 Å². The van der Waals surface area contributed by atoms with Crippen LogP contribution in [0.2, 0.25) is 5.02 Å². The molecule has 7 nitrogen and oxygen atoms in total. The third-order valence-corrected chi connectivity index (χ3v) is 4.92. The molecule has 1 unspecified atom stereocenters. The number of benzene rings is 2. The first kappa shape index (κ1) is 22.2. The second-order valence-corrected chi connectivity index (χ2v) is 7.68. The molecule has 3 aromatic rings. The van der Waals surface area contributed by atoms with Gasteiger partial charge in [-0.05, 0) is 63.6 Å². The molecule has 0 saturated carbocycles. The van der Waals surface area contributed by atoms with Gasteiger partial charge >= 0.3 is 5.97 Å². The normalized spacial score (nSPS) is 11.6. The Kier molecular flexibility index (Phi) is 6.56. The Bertz CT molecular complexity index is 1200. The van der Waals surface area contributed by atoms with Crippen molar-refractivity contribution in [2.45, 2.75) is 33.8 Å². The van der Waals surface area contributed by atoms with Gasteiger partial charge in [-0.1, -0.05) is 29.3 Å². The van der Waals surface area contributed by atoms with Gasteiger partial charge in [0.05, 0.1) is 5.69 Å². The molecule has 2 aromatic carbocycles. The smallest absolute Gasteiger partial charge is 0.363 e. The molecule has 0 aliphatic carbocycles. The van der Waals surface area contributed by atoms with Crippen molar-refractivity contribution in [3.63, 3.8) is 0 Å². The molecule has 0 radical (unpaired) electrons. The maximum absolute atomic E-state index is 12.6. The molecule has 160 valence electrons. The molecule has 1 amide bonds. The molecule has 1 N–H and O–H groups in total. The highest BCUT2D eigenvalue weighted by Crippen LogP contribution is 2.17. The van der Waals surface area contributed by atoms with Gasteiger partial charge in [-0.3, -0.25) is 9.59 Å². The van der Waals surface area contributed by atoms with Crippen molar-refractivity contribution in [3.05, 3.63) is 86.3 Å². The lowest BCUT2D eigenvalue weighted by atomic mass is 10.1. The molecule has 1 aromatic heterocycles. The Morgan fingerprint density at radius 1 is 1.06 bits per heavy atom. The molecular formula is C23H22ClN3O4. The van der Waals surface area contributed by atoms with E-state index in [0.717, 1.165) is 11.1 Å². The summed E-state index contributed by atoms with van der Waals surface area (Å²) in [6, 6.07) is 13.6. The Morgan fingerprint density at radius 3 is 2.39 bits per heavy atom. The van der Waals surface area contributed by atoms with E-state index in [0.29, 0.717) is 22.1 Å². The molecular weight excluding hydrogens is 418 g/mol. The van der Waals surface area contributed by atoms with Crippen molar-refractivity contribution in [2.24, 2.45) is 0 Å². The first-order valence-corrected chi connectivity index (χ1v) is 9.99. The minimum Gasteiger partial charge on any atom is -0.448 e. The van der Waals surface area contributed by atoms with Crippen molar-refractivity contribution in [3.8, 4) is 5.69 Å². The number of carbonyl (C=O) groups excluding carboxylic acids is 2. The molecule has 0 saturated heterocycles. The van der Waals surface area contributed by atoms with E-state index in [1.54, 1.807) is 37.3 Å². The van der Waals surface area contributed by atoms with Crippen molar-refractivity contribution < 1.29 is 14.3 Å². The fourth-order valence-electron chi connectivity index (χ4n) is 2.99. The Hall–Kier alpha value is -3.45. The second-order valence-electron chi connectivity index (χ2n) is 7.24. The zero-order valence-corrected chi connectivity index (χ0v) is 18.4. The van der Waals surface area contributed by atoms with Crippen LogP contribution >= 0.6 is 11.6 Å². The maximum Gasteiger partial charge on any atom is 0.363 e. The van der Waals surface area contributed by atoms with Crippen LogP contribution in [-0.4, -0.2) is 27.8 Å². The number of nitrogens with one attached hydrogen (secondary N) is 1. The molecule has 0 aliphatic heterocycles. The summed E-state index contributed by atoms with van der Waals surface area (Å²) in [7, 11) is 0. The van der Waals surface area contributed by atoms with E-state index in [9.17, 15) is 14.4 Å². The van der Waals surface area contributed by atoms with Gasteiger partial charge in [0.1, 0.15) is 0 Å². The number of nitrogens with zero attached hydrogens (tertiary/aromatic N) is 2. The monoisotopic (exact) mass is 439 g/mol. The summed E-state index contributed by atoms with van der Waals surface area (Å²) >= 11 is 5.92. The summed E-state index contributed by atoms with van der Waals surface area (Å²) in [5.74, 6) is -1.48. The molecule has 3 rings (SSSR count). The molecule has 0 spiro atoms. The number of anilines is 1. The highest BCUT2D eigenvalue weighted by Gasteiger charge is 2.23. The van der Waals surface area contributed by atoms with E-state index in [4.69, 9.17) is 16.3 Å². The quantitative estimate of drug-likeness (QED) is 0.607. The van der Waals surface area contributed by atoms with E-state index in [1.807, 2.05) is 26.0 Å². The number of carbonyl (C=O) groups is 2. The fourth-order valence-corrected chi connectivity index (χ4v) is 3.12. The predicted octanol–water partition coefficient (Wildman–Crippen LogP) is 4.00. The average Bonchev–Trinajstić information content (AvgIpc) is 2.70. The largest absolute Gasteiger partial charge is 0.448 e.